The Morgan fingerprint density at radius 2 is 1.74 bits per heavy atom. The second-order valence-corrected chi connectivity index (χ2v) is 6.97. The molecule has 3 N–H and O–H groups in total. The molecule has 0 unspecified atom stereocenters. The van der Waals surface area contributed by atoms with Crippen molar-refractivity contribution in [3.8, 4) is 5.75 Å². The van der Waals surface area contributed by atoms with E-state index in [-0.39, 0.29) is 33.5 Å². The number of nitrogens with one attached hydrogen (secondary N) is 1. The molecule has 0 aromatic heterocycles. The lowest BCUT2D eigenvalue weighted by Gasteiger charge is -2.10. The van der Waals surface area contributed by atoms with Gasteiger partial charge in [0, 0.05) is 40.2 Å². The Labute approximate surface area is 152 Å². The zero-order chi connectivity index (χ0) is 19.8. The lowest BCUT2D eigenvalue weighted by molar-refractivity contribution is -0.384. The van der Waals surface area contributed by atoms with Gasteiger partial charge in [0.25, 0.3) is 21.7 Å². The van der Waals surface area contributed by atoms with Crippen molar-refractivity contribution in [3.05, 3.63) is 70.3 Å². The van der Waals surface area contributed by atoms with E-state index in [2.05, 4.69) is 5.32 Å². The van der Waals surface area contributed by atoms with Crippen LogP contribution in [0.4, 0.5) is 11.4 Å². The molecule has 3 aromatic carbocycles. The number of phenols is 1. The summed E-state index contributed by atoms with van der Waals surface area (Å²) in [4.78, 5) is 22.1. The number of non-ortho nitro benzene ring substituents is 1. The Bertz CT molecular complexity index is 1190. The molecule has 1 amide bonds. The number of nitro benzene ring substituents is 1. The smallest absolute Gasteiger partial charge is 0.295 e. The first-order chi connectivity index (χ1) is 12.7. The molecule has 3 aromatic rings. The summed E-state index contributed by atoms with van der Waals surface area (Å²) >= 11 is 0. The Morgan fingerprint density at radius 1 is 1.04 bits per heavy atom. The van der Waals surface area contributed by atoms with Gasteiger partial charge in [-0.15, -0.1) is 0 Å². The van der Waals surface area contributed by atoms with Crippen LogP contribution in [-0.4, -0.2) is 28.9 Å². The number of phenolic OH excluding ortho intramolecular Hbond substituents is 1. The Balaban J connectivity index is 2.04. The van der Waals surface area contributed by atoms with E-state index in [1.165, 1.54) is 42.5 Å². The quantitative estimate of drug-likeness (QED) is 0.354. The second kappa shape index (κ2) is 6.67. The maximum atomic E-state index is 12.3. The number of aromatic hydroxyl groups is 1. The van der Waals surface area contributed by atoms with E-state index >= 15 is 0 Å². The summed E-state index contributed by atoms with van der Waals surface area (Å²) in [5, 5.41) is 23.6. The molecule has 9 nitrogen and oxygen atoms in total. The highest BCUT2D eigenvalue weighted by Gasteiger charge is 2.17. The number of carbonyl (C=O) groups is 1. The van der Waals surface area contributed by atoms with Crippen molar-refractivity contribution in [3.63, 3.8) is 0 Å². The molecule has 27 heavy (non-hydrogen) atoms. The minimum atomic E-state index is -4.56. The molecule has 0 fully saturated rings. The van der Waals surface area contributed by atoms with Crippen molar-refractivity contribution in [2.75, 3.05) is 5.32 Å². The van der Waals surface area contributed by atoms with Crippen molar-refractivity contribution in [2.45, 2.75) is 4.90 Å². The maximum absolute atomic E-state index is 12.3. The zero-order valence-electron chi connectivity index (χ0n) is 13.5. The molecule has 0 aliphatic carbocycles. The second-order valence-electron chi connectivity index (χ2n) is 5.58. The standard InChI is InChI=1S/C17H12N2O7S/c20-15-9-11(8-14-13(15)5-2-6-16(14)27(24,25)26)18-17(21)10-3-1-4-12(7-10)19(22)23/h1-9,20H,(H,18,21)(H,24,25,26). The highest BCUT2D eigenvalue weighted by atomic mass is 32.2. The molecule has 138 valence electrons. The van der Waals surface area contributed by atoms with Crippen LogP contribution in [0.2, 0.25) is 0 Å². The van der Waals surface area contributed by atoms with Crippen LogP contribution >= 0.6 is 0 Å². The van der Waals surface area contributed by atoms with E-state index in [1.807, 2.05) is 0 Å². The summed E-state index contributed by atoms with van der Waals surface area (Å²) in [7, 11) is -4.56. The topological polar surface area (TPSA) is 147 Å². The number of anilines is 1. The first kappa shape index (κ1) is 18.3. The van der Waals surface area contributed by atoms with Crippen LogP contribution in [0.1, 0.15) is 10.4 Å². The van der Waals surface area contributed by atoms with Gasteiger partial charge in [0.15, 0.2) is 0 Å². The fourth-order valence-corrected chi connectivity index (χ4v) is 3.30. The van der Waals surface area contributed by atoms with Gasteiger partial charge < -0.3 is 10.4 Å². The van der Waals surface area contributed by atoms with E-state index in [9.17, 15) is 33.0 Å². The molecular weight excluding hydrogens is 376 g/mol. The average Bonchev–Trinajstić information content (AvgIpc) is 2.60. The summed E-state index contributed by atoms with van der Waals surface area (Å²) in [5.74, 6) is -1.01. The largest absolute Gasteiger partial charge is 0.507 e. The number of amides is 1. The molecule has 0 aliphatic heterocycles. The number of nitro groups is 1. The van der Waals surface area contributed by atoms with E-state index < -0.39 is 25.8 Å². The van der Waals surface area contributed by atoms with Crippen LogP contribution in [0.3, 0.4) is 0 Å². The van der Waals surface area contributed by atoms with Crippen LogP contribution in [0.15, 0.2) is 59.5 Å². The maximum Gasteiger partial charge on any atom is 0.295 e. The Hall–Kier alpha value is -3.50. The summed E-state index contributed by atoms with van der Waals surface area (Å²) in [6, 6.07) is 11.5. The molecule has 0 bridgehead atoms. The summed E-state index contributed by atoms with van der Waals surface area (Å²) in [5.41, 5.74) is -0.211. The van der Waals surface area contributed by atoms with Crippen molar-refractivity contribution in [1.82, 2.24) is 0 Å². The predicted octanol–water partition coefficient (Wildman–Crippen LogP) is 2.95. The van der Waals surface area contributed by atoms with Gasteiger partial charge in [-0.2, -0.15) is 8.42 Å². The van der Waals surface area contributed by atoms with Gasteiger partial charge >= 0.3 is 0 Å². The number of carbonyl (C=O) groups excluding carboxylic acids is 1. The van der Waals surface area contributed by atoms with Gasteiger partial charge in [-0.1, -0.05) is 18.2 Å². The highest BCUT2D eigenvalue weighted by Crippen LogP contribution is 2.33. The molecule has 0 radical (unpaired) electrons. The van der Waals surface area contributed by atoms with Crippen molar-refractivity contribution in [1.29, 1.82) is 0 Å². The summed E-state index contributed by atoms with van der Waals surface area (Å²) in [6.07, 6.45) is 0. The molecule has 0 spiro atoms. The molecule has 0 heterocycles. The van der Waals surface area contributed by atoms with Crippen molar-refractivity contribution < 1.29 is 27.8 Å². The van der Waals surface area contributed by atoms with E-state index in [4.69, 9.17) is 0 Å². The molecular formula is C17H12N2O7S. The molecule has 0 atom stereocenters. The third-order valence-electron chi connectivity index (χ3n) is 3.79. The number of hydrogen-bond donors (Lipinski definition) is 3. The van der Waals surface area contributed by atoms with Crippen LogP contribution in [0.25, 0.3) is 10.8 Å². The lowest BCUT2D eigenvalue weighted by Crippen LogP contribution is -2.12. The molecule has 10 heteroatoms. The van der Waals surface area contributed by atoms with Crippen molar-refractivity contribution >= 4 is 38.2 Å². The first-order valence-corrected chi connectivity index (χ1v) is 8.90. The molecule has 0 aliphatic rings. The SMILES string of the molecule is O=C(Nc1cc(O)c2cccc(S(=O)(=O)O)c2c1)c1cccc([N+](=O)[O-])c1. The average molecular weight is 388 g/mol. The molecule has 0 saturated heterocycles. The monoisotopic (exact) mass is 388 g/mol. The van der Waals surface area contributed by atoms with E-state index in [0.29, 0.717) is 0 Å². The van der Waals surface area contributed by atoms with Crippen LogP contribution in [-0.2, 0) is 10.1 Å². The summed E-state index contributed by atoms with van der Waals surface area (Å²) < 4.78 is 32.4. The molecule has 3 rings (SSSR count). The fraction of sp³-hybridized carbons (Fsp3) is 0. The van der Waals surface area contributed by atoms with Gasteiger partial charge in [-0.05, 0) is 18.2 Å². The number of fused-ring (bicyclic) bond motifs is 1. The third kappa shape index (κ3) is 3.71. The van der Waals surface area contributed by atoms with Crippen LogP contribution < -0.4 is 5.32 Å². The number of nitrogens with zero attached hydrogens (tertiary/aromatic N) is 1. The van der Waals surface area contributed by atoms with Crippen LogP contribution in [0, 0.1) is 10.1 Å². The minimum absolute atomic E-state index is 0.00634. The third-order valence-corrected chi connectivity index (χ3v) is 4.70. The Morgan fingerprint density at radius 3 is 2.41 bits per heavy atom. The normalized spacial score (nSPS) is 11.3. The van der Waals surface area contributed by atoms with Gasteiger partial charge in [0.1, 0.15) is 10.6 Å². The van der Waals surface area contributed by atoms with Gasteiger partial charge in [0.05, 0.1) is 4.92 Å². The highest BCUT2D eigenvalue weighted by molar-refractivity contribution is 7.86. The predicted molar refractivity (Wildman–Crippen MR) is 96.5 cm³/mol. The fourth-order valence-electron chi connectivity index (χ4n) is 2.60. The number of benzene rings is 3. The Kier molecular flexibility index (Phi) is 4.52. The van der Waals surface area contributed by atoms with Gasteiger partial charge in [0.2, 0.25) is 0 Å². The number of rotatable bonds is 4. The lowest BCUT2D eigenvalue weighted by atomic mass is 10.1. The number of hydrogen-bond acceptors (Lipinski definition) is 6. The minimum Gasteiger partial charge on any atom is -0.507 e. The van der Waals surface area contributed by atoms with E-state index in [1.54, 1.807) is 0 Å². The zero-order valence-corrected chi connectivity index (χ0v) is 14.3. The van der Waals surface area contributed by atoms with Gasteiger partial charge in [-0.25, -0.2) is 0 Å². The molecule has 0 saturated carbocycles. The first-order valence-electron chi connectivity index (χ1n) is 7.46. The van der Waals surface area contributed by atoms with E-state index in [0.717, 1.165) is 12.1 Å². The van der Waals surface area contributed by atoms with Gasteiger partial charge in [-0.3, -0.25) is 19.5 Å². The summed E-state index contributed by atoms with van der Waals surface area (Å²) in [6.45, 7) is 0. The van der Waals surface area contributed by atoms with Crippen molar-refractivity contribution in [2.24, 2.45) is 0 Å². The van der Waals surface area contributed by atoms with Crippen LogP contribution in [0.5, 0.6) is 5.75 Å².